The summed E-state index contributed by atoms with van der Waals surface area (Å²) in [5.41, 5.74) is 4.78. The van der Waals surface area contributed by atoms with E-state index in [0.29, 0.717) is 16.6 Å². The van der Waals surface area contributed by atoms with Gasteiger partial charge in [0.15, 0.2) is 0 Å². The van der Waals surface area contributed by atoms with E-state index in [4.69, 9.17) is 4.98 Å². The first-order valence-corrected chi connectivity index (χ1v) is 10.5. The maximum Gasteiger partial charge on any atom is 0.268 e. The summed E-state index contributed by atoms with van der Waals surface area (Å²) in [7, 11) is -3.78. The summed E-state index contributed by atoms with van der Waals surface area (Å²) < 4.78 is 28.8. The van der Waals surface area contributed by atoms with Crippen LogP contribution in [0.2, 0.25) is 0 Å². The molecule has 0 aliphatic rings. The van der Waals surface area contributed by atoms with E-state index >= 15 is 0 Å². The highest BCUT2D eigenvalue weighted by molar-refractivity contribution is 7.90. The minimum absolute atomic E-state index is 0.272. The van der Waals surface area contributed by atoms with Gasteiger partial charge in [0.05, 0.1) is 27.0 Å². The van der Waals surface area contributed by atoms with Gasteiger partial charge < -0.3 is 0 Å². The van der Waals surface area contributed by atoms with Crippen LogP contribution in [0.15, 0.2) is 77.7 Å². The number of rotatable bonds is 2. The van der Waals surface area contributed by atoms with Gasteiger partial charge in [-0.1, -0.05) is 54.1 Å². The van der Waals surface area contributed by atoms with Crippen molar-refractivity contribution in [2.24, 2.45) is 0 Å². The lowest BCUT2D eigenvalue weighted by molar-refractivity contribution is 0.590. The summed E-state index contributed by atoms with van der Waals surface area (Å²) in [6, 6.07) is 22.3. The van der Waals surface area contributed by atoms with E-state index in [2.05, 4.69) is 0 Å². The van der Waals surface area contributed by atoms with E-state index in [-0.39, 0.29) is 4.90 Å². The van der Waals surface area contributed by atoms with Crippen LogP contribution in [0.5, 0.6) is 0 Å². The molecule has 0 atom stereocenters. The van der Waals surface area contributed by atoms with Gasteiger partial charge in [-0.05, 0) is 43.7 Å². The second-order valence-electron chi connectivity index (χ2n) is 7.05. The lowest BCUT2D eigenvalue weighted by atomic mass is 10.1. The zero-order chi connectivity index (χ0) is 19.5. The third-order valence-corrected chi connectivity index (χ3v) is 6.99. The van der Waals surface area contributed by atoms with Crippen LogP contribution in [0.25, 0.3) is 32.8 Å². The van der Waals surface area contributed by atoms with Gasteiger partial charge in [-0.3, -0.25) is 0 Å². The molecule has 5 aromatic rings. The molecule has 0 aliphatic heterocycles. The zero-order valence-corrected chi connectivity index (χ0v) is 16.4. The van der Waals surface area contributed by atoms with Crippen LogP contribution < -0.4 is 0 Å². The SMILES string of the molecule is Cc1ccc(S(=O)(=O)n2c3ccccc3c3nc4ccccc4c(C)c32)cc1. The second-order valence-corrected chi connectivity index (χ2v) is 8.84. The van der Waals surface area contributed by atoms with Crippen LogP contribution in [-0.4, -0.2) is 17.4 Å². The Labute approximate surface area is 163 Å². The molecule has 0 radical (unpaired) electrons. The van der Waals surface area contributed by atoms with Crippen molar-refractivity contribution in [2.45, 2.75) is 18.7 Å². The van der Waals surface area contributed by atoms with Crippen molar-refractivity contribution in [3.8, 4) is 0 Å². The average Bonchev–Trinajstić information content (AvgIpc) is 3.04. The Morgan fingerprint density at radius 3 is 2.18 bits per heavy atom. The summed E-state index contributed by atoms with van der Waals surface area (Å²) >= 11 is 0. The Bertz CT molecular complexity index is 1480. The lowest BCUT2D eigenvalue weighted by Crippen LogP contribution is -2.13. The highest BCUT2D eigenvalue weighted by atomic mass is 32.2. The Morgan fingerprint density at radius 2 is 1.43 bits per heavy atom. The van der Waals surface area contributed by atoms with E-state index in [1.165, 1.54) is 3.97 Å². The molecule has 3 aromatic carbocycles. The quantitative estimate of drug-likeness (QED) is 0.419. The molecule has 0 saturated carbocycles. The number of hydrogen-bond donors (Lipinski definition) is 0. The normalized spacial score (nSPS) is 12.2. The van der Waals surface area contributed by atoms with Crippen molar-refractivity contribution in [3.05, 3.63) is 83.9 Å². The summed E-state index contributed by atoms with van der Waals surface area (Å²) in [6.45, 7) is 3.91. The van der Waals surface area contributed by atoms with Crippen LogP contribution in [0.3, 0.4) is 0 Å². The number of pyridine rings is 1. The van der Waals surface area contributed by atoms with E-state index in [9.17, 15) is 8.42 Å². The molecule has 2 aromatic heterocycles. The Kier molecular flexibility index (Phi) is 3.58. The molecule has 2 heterocycles. The molecule has 0 amide bonds. The summed E-state index contributed by atoms with van der Waals surface area (Å²) in [5.74, 6) is 0. The molecule has 138 valence electrons. The molecule has 0 aliphatic carbocycles. The molecule has 0 N–H and O–H groups in total. The standard InChI is InChI=1S/C23H18N2O2S/c1-15-11-13-17(14-12-15)28(26,27)25-21-10-6-4-8-19(21)22-23(25)16(2)18-7-3-5-9-20(18)24-22/h3-14H,1-2H3. The van der Waals surface area contributed by atoms with E-state index in [1.807, 2.05) is 74.5 Å². The maximum absolute atomic E-state index is 13.7. The number of aromatic nitrogens is 2. The van der Waals surface area contributed by atoms with Crippen LogP contribution in [0.4, 0.5) is 0 Å². The van der Waals surface area contributed by atoms with Gasteiger partial charge in [0.2, 0.25) is 0 Å². The molecule has 0 fully saturated rings. The number of hydrogen-bond acceptors (Lipinski definition) is 3. The first-order chi connectivity index (χ1) is 13.5. The molecule has 0 spiro atoms. The highest BCUT2D eigenvalue weighted by Gasteiger charge is 2.25. The summed E-state index contributed by atoms with van der Waals surface area (Å²) in [5, 5.41) is 1.79. The maximum atomic E-state index is 13.7. The Morgan fingerprint density at radius 1 is 0.786 bits per heavy atom. The first kappa shape index (κ1) is 17.0. The largest absolute Gasteiger partial charge is 0.268 e. The third-order valence-electron chi connectivity index (χ3n) is 5.26. The van der Waals surface area contributed by atoms with Gasteiger partial charge in [0, 0.05) is 10.8 Å². The van der Waals surface area contributed by atoms with Gasteiger partial charge in [-0.25, -0.2) is 17.4 Å². The Balaban J connectivity index is 2.00. The van der Waals surface area contributed by atoms with Crippen LogP contribution in [0.1, 0.15) is 11.1 Å². The number of benzene rings is 3. The number of aryl methyl sites for hydroxylation is 2. The predicted molar refractivity (Wildman–Crippen MR) is 113 cm³/mol. The summed E-state index contributed by atoms with van der Waals surface area (Å²) in [4.78, 5) is 5.09. The van der Waals surface area contributed by atoms with Crippen molar-refractivity contribution in [1.82, 2.24) is 8.96 Å². The van der Waals surface area contributed by atoms with Gasteiger partial charge in [0.1, 0.15) is 0 Å². The average molecular weight is 386 g/mol. The molecule has 0 unspecified atom stereocenters. The van der Waals surface area contributed by atoms with Crippen LogP contribution in [-0.2, 0) is 10.0 Å². The molecule has 4 nitrogen and oxygen atoms in total. The predicted octanol–water partition coefficient (Wildman–Crippen LogP) is 5.20. The molecular formula is C23H18N2O2S. The number of nitrogens with zero attached hydrogens (tertiary/aromatic N) is 2. The molecule has 0 bridgehead atoms. The van der Waals surface area contributed by atoms with E-state index in [1.54, 1.807) is 12.1 Å². The fourth-order valence-electron chi connectivity index (χ4n) is 3.84. The fraction of sp³-hybridized carbons (Fsp3) is 0.0870. The minimum atomic E-state index is -3.78. The first-order valence-electron chi connectivity index (χ1n) is 9.09. The van der Waals surface area contributed by atoms with Crippen LogP contribution in [0, 0.1) is 13.8 Å². The minimum Gasteiger partial charge on any atom is -0.245 e. The molecule has 0 saturated heterocycles. The van der Waals surface area contributed by atoms with Gasteiger partial charge >= 0.3 is 0 Å². The monoisotopic (exact) mass is 386 g/mol. The van der Waals surface area contributed by atoms with E-state index < -0.39 is 10.0 Å². The van der Waals surface area contributed by atoms with Crippen molar-refractivity contribution in [3.63, 3.8) is 0 Å². The van der Waals surface area contributed by atoms with Crippen molar-refractivity contribution in [1.29, 1.82) is 0 Å². The van der Waals surface area contributed by atoms with E-state index in [0.717, 1.165) is 27.4 Å². The van der Waals surface area contributed by atoms with Crippen molar-refractivity contribution in [2.75, 3.05) is 0 Å². The molecule has 28 heavy (non-hydrogen) atoms. The smallest absolute Gasteiger partial charge is 0.245 e. The zero-order valence-electron chi connectivity index (χ0n) is 15.5. The van der Waals surface area contributed by atoms with Crippen LogP contribution >= 0.6 is 0 Å². The van der Waals surface area contributed by atoms with Crippen molar-refractivity contribution < 1.29 is 8.42 Å². The summed E-state index contributed by atoms with van der Waals surface area (Å²) in [6.07, 6.45) is 0. The van der Waals surface area contributed by atoms with Gasteiger partial charge in [0.25, 0.3) is 10.0 Å². The highest BCUT2D eigenvalue weighted by Crippen LogP contribution is 2.35. The third kappa shape index (κ3) is 2.29. The van der Waals surface area contributed by atoms with Crippen molar-refractivity contribution >= 4 is 42.9 Å². The lowest BCUT2D eigenvalue weighted by Gasteiger charge is -2.12. The fourth-order valence-corrected chi connectivity index (χ4v) is 5.41. The van der Waals surface area contributed by atoms with Gasteiger partial charge in [-0.2, -0.15) is 0 Å². The molecular weight excluding hydrogens is 368 g/mol. The second kappa shape index (κ2) is 5.91. The Hall–Kier alpha value is -3.18. The molecule has 5 heteroatoms. The van der Waals surface area contributed by atoms with Gasteiger partial charge in [-0.15, -0.1) is 0 Å². The number of fused-ring (bicyclic) bond motifs is 4. The topological polar surface area (TPSA) is 52.0 Å². The molecule has 5 rings (SSSR count). The number of para-hydroxylation sites is 2.